The second-order valence-corrected chi connectivity index (χ2v) is 8.72. The van der Waals surface area contributed by atoms with E-state index in [1.807, 2.05) is 49.4 Å². The summed E-state index contributed by atoms with van der Waals surface area (Å²) in [4.78, 5) is 12.5. The number of rotatable bonds is 12. The first-order chi connectivity index (χ1) is 17.8. The first-order valence-electron chi connectivity index (χ1n) is 12.0. The zero-order valence-electron chi connectivity index (χ0n) is 21.3. The molecule has 3 aromatic carbocycles. The molecule has 3 rings (SSSR count). The number of aliphatic hydroxyl groups excluding tert-OH is 2. The molecule has 37 heavy (non-hydrogen) atoms. The van der Waals surface area contributed by atoms with Crippen LogP contribution in [-0.4, -0.2) is 48.2 Å². The molecule has 6 N–H and O–H groups in total. The van der Waals surface area contributed by atoms with Gasteiger partial charge in [-0.15, -0.1) is 0 Å². The van der Waals surface area contributed by atoms with Gasteiger partial charge >= 0.3 is 6.03 Å². The zero-order valence-corrected chi connectivity index (χ0v) is 21.3. The van der Waals surface area contributed by atoms with Gasteiger partial charge in [0, 0.05) is 23.8 Å². The van der Waals surface area contributed by atoms with Crippen LogP contribution < -0.4 is 25.4 Å². The fourth-order valence-electron chi connectivity index (χ4n) is 4.02. The summed E-state index contributed by atoms with van der Waals surface area (Å²) in [6, 6.07) is 17.4. The van der Waals surface area contributed by atoms with Gasteiger partial charge in [0.25, 0.3) is 0 Å². The van der Waals surface area contributed by atoms with E-state index < -0.39 is 6.10 Å². The highest BCUT2D eigenvalue weighted by Crippen LogP contribution is 2.28. The second-order valence-electron chi connectivity index (χ2n) is 8.72. The number of carbonyl (C=O) groups is 1. The molecule has 0 bridgehead atoms. The van der Waals surface area contributed by atoms with Gasteiger partial charge in [-0.1, -0.05) is 24.3 Å². The van der Waals surface area contributed by atoms with Gasteiger partial charge in [0.1, 0.15) is 17.2 Å². The average molecular weight is 510 g/mol. The van der Waals surface area contributed by atoms with Crippen molar-refractivity contribution < 1.29 is 29.6 Å². The summed E-state index contributed by atoms with van der Waals surface area (Å²) in [6.45, 7) is 2.26. The summed E-state index contributed by atoms with van der Waals surface area (Å²) in [5.74, 6) is 1.27. The summed E-state index contributed by atoms with van der Waals surface area (Å²) in [5.41, 5.74) is 3.42. The third kappa shape index (κ3) is 7.85. The van der Waals surface area contributed by atoms with E-state index in [0.29, 0.717) is 41.3 Å². The van der Waals surface area contributed by atoms with Gasteiger partial charge in [0.15, 0.2) is 0 Å². The average Bonchev–Trinajstić information content (AvgIpc) is 2.90. The first kappa shape index (κ1) is 27.8. The van der Waals surface area contributed by atoms with Crippen molar-refractivity contribution in [2.24, 2.45) is 0 Å². The molecule has 9 heteroatoms. The highest BCUT2D eigenvalue weighted by atomic mass is 16.5. The molecule has 9 nitrogen and oxygen atoms in total. The van der Waals surface area contributed by atoms with Crippen molar-refractivity contribution in [2.75, 3.05) is 26.1 Å². The number of aromatic hydroxyl groups is 1. The lowest BCUT2D eigenvalue weighted by Crippen LogP contribution is -2.32. The molecule has 0 aliphatic heterocycles. The Morgan fingerprint density at radius 2 is 1.70 bits per heavy atom. The lowest BCUT2D eigenvalue weighted by Gasteiger charge is -2.18. The minimum Gasteiger partial charge on any atom is -0.508 e. The van der Waals surface area contributed by atoms with E-state index in [1.54, 1.807) is 26.4 Å². The van der Waals surface area contributed by atoms with Gasteiger partial charge in [-0.2, -0.15) is 0 Å². The zero-order chi connectivity index (χ0) is 26.8. The number of urea groups is 1. The lowest BCUT2D eigenvalue weighted by atomic mass is 10.0. The summed E-state index contributed by atoms with van der Waals surface area (Å²) in [6.07, 6.45) is -0.105. The first-order valence-corrected chi connectivity index (χ1v) is 12.0. The van der Waals surface area contributed by atoms with Crippen LogP contribution in [0, 0.1) is 0 Å². The van der Waals surface area contributed by atoms with E-state index in [-0.39, 0.29) is 31.0 Å². The molecular formula is C28H35N3O6. The Morgan fingerprint density at radius 1 is 1.00 bits per heavy atom. The van der Waals surface area contributed by atoms with Crippen LogP contribution in [0.25, 0.3) is 0 Å². The highest BCUT2D eigenvalue weighted by Gasteiger charge is 2.14. The quantitative estimate of drug-likeness (QED) is 0.220. The van der Waals surface area contributed by atoms with E-state index in [1.165, 1.54) is 6.07 Å². The molecule has 0 saturated heterocycles. The fraction of sp³-hybridized carbons (Fsp3) is 0.321. The number of aliphatic hydroxyl groups is 2. The molecule has 0 radical (unpaired) electrons. The number of nitrogens with one attached hydrogen (secondary N) is 3. The number of hydrogen-bond donors (Lipinski definition) is 6. The number of amides is 2. The largest absolute Gasteiger partial charge is 0.508 e. The molecule has 198 valence electrons. The van der Waals surface area contributed by atoms with Crippen LogP contribution in [0.2, 0.25) is 0 Å². The van der Waals surface area contributed by atoms with Gasteiger partial charge in [-0.3, -0.25) is 0 Å². The van der Waals surface area contributed by atoms with Crippen molar-refractivity contribution in [3.63, 3.8) is 0 Å². The number of hydrogen-bond acceptors (Lipinski definition) is 7. The van der Waals surface area contributed by atoms with Gasteiger partial charge in [-0.05, 0) is 60.9 Å². The van der Waals surface area contributed by atoms with Crippen LogP contribution in [0.3, 0.4) is 0 Å². The molecule has 0 aliphatic rings. The van der Waals surface area contributed by atoms with E-state index in [4.69, 9.17) is 9.47 Å². The van der Waals surface area contributed by atoms with Gasteiger partial charge in [0.2, 0.25) is 0 Å². The molecule has 2 atom stereocenters. The second kappa shape index (κ2) is 13.5. The van der Waals surface area contributed by atoms with Crippen molar-refractivity contribution >= 4 is 11.7 Å². The predicted molar refractivity (Wildman–Crippen MR) is 142 cm³/mol. The molecule has 0 aliphatic carbocycles. The van der Waals surface area contributed by atoms with E-state index in [0.717, 1.165) is 11.1 Å². The molecule has 0 saturated carbocycles. The van der Waals surface area contributed by atoms with Crippen molar-refractivity contribution in [2.45, 2.75) is 38.6 Å². The minimum atomic E-state index is -0.785. The number of carbonyl (C=O) groups excluding carboxylic acids is 1. The summed E-state index contributed by atoms with van der Waals surface area (Å²) in [5, 5.41) is 38.5. The molecule has 0 spiro atoms. The minimum absolute atomic E-state index is 0.00136. The van der Waals surface area contributed by atoms with Crippen LogP contribution in [0.5, 0.6) is 17.2 Å². The molecule has 0 aromatic heterocycles. The van der Waals surface area contributed by atoms with Crippen LogP contribution in [-0.2, 0) is 19.6 Å². The number of anilines is 1. The normalized spacial score (nSPS) is 12.5. The maximum atomic E-state index is 12.5. The molecule has 0 heterocycles. The topological polar surface area (TPSA) is 132 Å². The number of ether oxygens (including phenoxy) is 2. The number of phenols is 1. The number of methoxy groups -OCH3 is 2. The van der Waals surface area contributed by atoms with Crippen molar-refractivity contribution in [3.05, 3.63) is 82.9 Å². The maximum absolute atomic E-state index is 12.5. The lowest BCUT2D eigenvalue weighted by molar-refractivity contribution is 0.170. The van der Waals surface area contributed by atoms with Gasteiger partial charge < -0.3 is 40.7 Å². The Labute approximate surface area is 217 Å². The van der Waals surface area contributed by atoms with Crippen LogP contribution in [0.1, 0.15) is 35.3 Å². The van der Waals surface area contributed by atoms with Crippen LogP contribution >= 0.6 is 0 Å². The third-order valence-corrected chi connectivity index (χ3v) is 6.00. The molecule has 2 amide bonds. The molecule has 1 unspecified atom stereocenters. The predicted octanol–water partition coefficient (Wildman–Crippen LogP) is 3.48. The SMILES string of the molecule is COc1cccc(OC)c1CNC(=O)Nc1cccc(CC(C)NC[C@H](O)c2ccc(O)c(CO)c2)c1. The third-order valence-electron chi connectivity index (χ3n) is 6.00. The van der Waals surface area contributed by atoms with Gasteiger partial charge in [-0.25, -0.2) is 4.79 Å². The monoisotopic (exact) mass is 509 g/mol. The Kier molecular flexibility index (Phi) is 10.1. The molecule has 0 fully saturated rings. The van der Waals surface area contributed by atoms with Crippen LogP contribution in [0.15, 0.2) is 60.7 Å². The smallest absolute Gasteiger partial charge is 0.319 e. The van der Waals surface area contributed by atoms with E-state index in [2.05, 4.69) is 16.0 Å². The molecular weight excluding hydrogens is 474 g/mol. The van der Waals surface area contributed by atoms with Crippen molar-refractivity contribution in [1.82, 2.24) is 10.6 Å². The summed E-state index contributed by atoms with van der Waals surface area (Å²) >= 11 is 0. The Balaban J connectivity index is 1.51. The summed E-state index contributed by atoms with van der Waals surface area (Å²) in [7, 11) is 3.14. The van der Waals surface area contributed by atoms with Crippen LogP contribution in [0.4, 0.5) is 10.5 Å². The summed E-state index contributed by atoms with van der Waals surface area (Å²) < 4.78 is 10.7. The fourth-order valence-corrected chi connectivity index (χ4v) is 4.02. The Hall–Kier alpha value is -3.79. The van der Waals surface area contributed by atoms with E-state index >= 15 is 0 Å². The molecule has 3 aromatic rings. The van der Waals surface area contributed by atoms with Gasteiger partial charge in [0.05, 0.1) is 39.0 Å². The maximum Gasteiger partial charge on any atom is 0.319 e. The Morgan fingerprint density at radius 3 is 2.38 bits per heavy atom. The van der Waals surface area contributed by atoms with Crippen molar-refractivity contribution in [3.8, 4) is 17.2 Å². The number of benzene rings is 3. The van der Waals surface area contributed by atoms with Crippen molar-refractivity contribution in [1.29, 1.82) is 0 Å². The standard InChI is InChI=1S/C28H35N3O6/c1-18(29-16-25(34)20-10-11-24(33)21(14-20)17-32)12-19-6-4-7-22(13-19)31-28(35)30-15-23-26(36-2)8-5-9-27(23)37-3/h4-11,13-14,18,25,29,32-34H,12,15-17H2,1-3H3,(H2,30,31,35)/t18?,25-/m0/s1. The van der Waals surface area contributed by atoms with E-state index in [9.17, 15) is 20.1 Å². The highest BCUT2D eigenvalue weighted by molar-refractivity contribution is 5.89. The Bertz CT molecular complexity index is 1160.